The zero-order valence-corrected chi connectivity index (χ0v) is 9.29. The van der Waals surface area contributed by atoms with Gasteiger partial charge >= 0.3 is 5.97 Å². The molecule has 0 saturated carbocycles. The van der Waals surface area contributed by atoms with E-state index in [-0.39, 0.29) is 17.9 Å². The standard InChI is InChI=1S/C13H9NO4/c14-7-9-3-1-2-4-11(9)18-8-12-10(13(15)16)5-6-17-12/h1-6H,8H2,(H,15,16). The Kier molecular flexibility index (Phi) is 3.30. The fourth-order valence-corrected chi connectivity index (χ4v) is 1.47. The number of rotatable bonds is 4. The number of carbonyl (C=O) groups is 1. The molecule has 2 rings (SSSR count). The van der Waals surface area contributed by atoms with Gasteiger partial charge in [-0.1, -0.05) is 12.1 Å². The molecule has 1 aromatic carbocycles. The maximum absolute atomic E-state index is 10.8. The number of aromatic carboxylic acids is 1. The smallest absolute Gasteiger partial charge is 0.339 e. The van der Waals surface area contributed by atoms with Gasteiger partial charge in [0.25, 0.3) is 0 Å². The fraction of sp³-hybridized carbons (Fsp3) is 0.0769. The largest absolute Gasteiger partial charge is 0.484 e. The molecule has 90 valence electrons. The van der Waals surface area contributed by atoms with Gasteiger partial charge in [0.15, 0.2) is 5.76 Å². The zero-order chi connectivity index (χ0) is 13.0. The van der Waals surface area contributed by atoms with Crippen molar-refractivity contribution < 1.29 is 19.1 Å². The van der Waals surface area contributed by atoms with Crippen LogP contribution in [-0.2, 0) is 6.61 Å². The van der Waals surface area contributed by atoms with Gasteiger partial charge in [0.2, 0.25) is 0 Å². The summed E-state index contributed by atoms with van der Waals surface area (Å²) in [5.41, 5.74) is 0.449. The first-order valence-electron chi connectivity index (χ1n) is 5.14. The highest BCUT2D eigenvalue weighted by atomic mass is 16.5. The summed E-state index contributed by atoms with van der Waals surface area (Å²) in [6.45, 7) is -0.0344. The van der Waals surface area contributed by atoms with Crippen LogP contribution < -0.4 is 4.74 Å². The van der Waals surface area contributed by atoms with Crippen molar-refractivity contribution >= 4 is 5.97 Å². The number of nitriles is 1. The van der Waals surface area contributed by atoms with E-state index in [1.54, 1.807) is 24.3 Å². The average molecular weight is 243 g/mol. The first kappa shape index (κ1) is 11.7. The minimum atomic E-state index is -1.07. The highest BCUT2D eigenvalue weighted by molar-refractivity contribution is 5.88. The quantitative estimate of drug-likeness (QED) is 0.891. The number of hydrogen-bond donors (Lipinski definition) is 1. The van der Waals surface area contributed by atoms with Crippen molar-refractivity contribution in [3.05, 3.63) is 53.5 Å². The molecule has 0 atom stereocenters. The van der Waals surface area contributed by atoms with Gasteiger partial charge in [0, 0.05) is 0 Å². The summed E-state index contributed by atoms with van der Waals surface area (Å²) < 4.78 is 10.4. The molecule has 5 heteroatoms. The summed E-state index contributed by atoms with van der Waals surface area (Å²) in [7, 11) is 0. The first-order chi connectivity index (χ1) is 8.72. The maximum atomic E-state index is 10.8. The van der Waals surface area contributed by atoms with E-state index in [0.717, 1.165) is 0 Å². The number of carboxylic acids is 1. The molecule has 2 aromatic rings. The van der Waals surface area contributed by atoms with Crippen LogP contribution in [0.4, 0.5) is 0 Å². The lowest BCUT2D eigenvalue weighted by atomic mass is 10.2. The second kappa shape index (κ2) is 5.06. The number of benzene rings is 1. The van der Waals surface area contributed by atoms with Gasteiger partial charge in [-0.2, -0.15) is 5.26 Å². The van der Waals surface area contributed by atoms with Crippen LogP contribution in [0.5, 0.6) is 5.75 Å². The Morgan fingerprint density at radius 2 is 2.17 bits per heavy atom. The maximum Gasteiger partial charge on any atom is 0.339 e. The van der Waals surface area contributed by atoms with Gasteiger partial charge in [-0.3, -0.25) is 0 Å². The van der Waals surface area contributed by atoms with Gasteiger partial charge in [-0.15, -0.1) is 0 Å². The van der Waals surface area contributed by atoms with Crippen LogP contribution >= 0.6 is 0 Å². The third-order valence-electron chi connectivity index (χ3n) is 2.34. The van der Waals surface area contributed by atoms with Crippen molar-refractivity contribution in [2.75, 3.05) is 0 Å². The lowest BCUT2D eigenvalue weighted by Crippen LogP contribution is -2.03. The second-order valence-electron chi connectivity index (χ2n) is 3.46. The van der Waals surface area contributed by atoms with E-state index in [0.29, 0.717) is 11.3 Å². The van der Waals surface area contributed by atoms with Crippen molar-refractivity contribution in [2.24, 2.45) is 0 Å². The van der Waals surface area contributed by atoms with Gasteiger partial charge < -0.3 is 14.3 Å². The van der Waals surface area contributed by atoms with Crippen LogP contribution in [0.3, 0.4) is 0 Å². The number of carboxylic acid groups (broad SMARTS) is 1. The third kappa shape index (κ3) is 2.33. The first-order valence-corrected chi connectivity index (χ1v) is 5.14. The minimum absolute atomic E-state index is 0.0344. The van der Waals surface area contributed by atoms with Crippen molar-refractivity contribution in [1.82, 2.24) is 0 Å². The van der Waals surface area contributed by atoms with E-state index in [4.69, 9.17) is 19.5 Å². The Hall–Kier alpha value is -2.74. The van der Waals surface area contributed by atoms with E-state index in [1.165, 1.54) is 12.3 Å². The van der Waals surface area contributed by atoms with E-state index in [2.05, 4.69) is 0 Å². The molecule has 0 aliphatic heterocycles. The predicted molar refractivity (Wildman–Crippen MR) is 61.2 cm³/mol. The number of para-hydroxylation sites is 1. The summed E-state index contributed by atoms with van der Waals surface area (Å²) in [4.78, 5) is 10.8. The molecule has 0 spiro atoms. The molecule has 0 bridgehead atoms. The molecule has 1 N–H and O–H groups in total. The van der Waals surface area contributed by atoms with Crippen LogP contribution in [0.2, 0.25) is 0 Å². The van der Waals surface area contributed by atoms with E-state index < -0.39 is 5.97 Å². The van der Waals surface area contributed by atoms with Crippen molar-refractivity contribution in [3.63, 3.8) is 0 Å². The molecule has 0 unspecified atom stereocenters. The molecule has 0 aliphatic carbocycles. The van der Waals surface area contributed by atoms with E-state index in [9.17, 15) is 4.79 Å². The van der Waals surface area contributed by atoms with Crippen LogP contribution in [-0.4, -0.2) is 11.1 Å². The van der Waals surface area contributed by atoms with Crippen LogP contribution in [0, 0.1) is 11.3 Å². The number of nitrogens with zero attached hydrogens (tertiary/aromatic N) is 1. The highest BCUT2D eigenvalue weighted by Crippen LogP contribution is 2.19. The molecular formula is C13H9NO4. The summed E-state index contributed by atoms with van der Waals surface area (Å²) in [6.07, 6.45) is 1.29. The Balaban J connectivity index is 2.15. The molecule has 0 fully saturated rings. The average Bonchev–Trinajstić information content (AvgIpc) is 2.85. The van der Waals surface area contributed by atoms with Gasteiger partial charge in [0.1, 0.15) is 24.0 Å². The molecule has 5 nitrogen and oxygen atoms in total. The molecular weight excluding hydrogens is 234 g/mol. The Morgan fingerprint density at radius 1 is 1.39 bits per heavy atom. The van der Waals surface area contributed by atoms with Crippen LogP contribution in [0.15, 0.2) is 41.0 Å². The Labute approximate surface area is 103 Å². The molecule has 1 heterocycles. The van der Waals surface area contributed by atoms with Gasteiger partial charge in [-0.25, -0.2) is 4.79 Å². The SMILES string of the molecule is N#Cc1ccccc1OCc1occc1C(=O)O. The Morgan fingerprint density at radius 3 is 2.89 bits per heavy atom. The Bertz CT molecular complexity index is 609. The lowest BCUT2D eigenvalue weighted by molar-refractivity contribution is 0.0692. The lowest BCUT2D eigenvalue weighted by Gasteiger charge is -2.06. The van der Waals surface area contributed by atoms with E-state index in [1.807, 2.05) is 6.07 Å². The zero-order valence-electron chi connectivity index (χ0n) is 9.29. The van der Waals surface area contributed by atoms with Gasteiger partial charge in [-0.05, 0) is 18.2 Å². The molecule has 0 amide bonds. The normalized spacial score (nSPS) is 9.72. The topological polar surface area (TPSA) is 83.5 Å². The van der Waals surface area contributed by atoms with Crippen LogP contribution in [0.25, 0.3) is 0 Å². The predicted octanol–water partition coefficient (Wildman–Crippen LogP) is 2.43. The van der Waals surface area contributed by atoms with Crippen LogP contribution in [0.1, 0.15) is 21.7 Å². The van der Waals surface area contributed by atoms with Crippen molar-refractivity contribution in [1.29, 1.82) is 5.26 Å². The monoisotopic (exact) mass is 243 g/mol. The summed E-state index contributed by atoms with van der Waals surface area (Å²) >= 11 is 0. The molecule has 1 aromatic heterocycles. The molecule has 18 heavy (non-hydrogen) atoms. The second-order valence-corrected chi connectivity index (χ2v) is 3.46. The summed E-state index contributed by atoms with van der Waals surface area (Å²) in [6, 6.07) is 10.1. The highest BCUT2D eigenvalue weighted by Gasteiger charge is 2.14. The number of ether oxygens (including phenoxy) is 1. The summed E-state index contributed by atoms with van der Waals surface area (Å²) in [5.74, 6) is -0.459. The van der Waals surface area contributed by atoms with Gasteiger partial charge in [0.05, 0.1) is 11.8 Å². The minimum Gasteiger partial charge on any atom is -0.484 e. The number of furan rings is 1. The van der Waals surface area contributed by atoms with Crippen molar-refractivity contribution in [3.8, 4) is 11.8 Å². The van der Waals surface area contributed by atoms with E-state index >= 15 is 0 Å². The molecule has 0 radical (unpaired) electrons. The summed E-state index contributed by atoms with van der Waals surface area (Å²) in [5, 5.41) is 17.8. The number of hydrogen-bond acceptors (Lipinski definition) is 4. The third-order valence-corrected chi connectivity index (χ3v) is 2.34. The molecule has 0 saturated heterocycles. The fourth-order valence-electron chi connectivity index (χ4n) is 1.47. The van der Waals surface area contributed by atoms with Crippen molar-refractivity contribution in [2.45, 2.75) is 6.61 Å². The molecule has 0 aliphatic rings.